The van der Waals surface area contributed by atoms with Crippen molar-refractivity contribution >= 4 is 15.9 Å². The van der Waals surface area contributed by atoms with E-state index in [9.17, 15) is 0 Å². The molecule has 1 aromatic carbocycles. The summed E-state index contributed by atoms with van der Waals surface area (Å²) in [5.41, 5.74) is 8.99. The van der Waals surface area contributed by atoms with Crippen molar-refractivity contribution in [3.05, 3.63) is 46.5 Å². The molecule has 1 heterocycles. The molecule has 0 unspecified atom stereocenters. The lowest BCUT2D eigenvalue weighted by molar-refractivity contribution is 0.524. The molecule has 4 heteroatoms. The second-order valence-corrected chi connectivity index (χ2v) is 5.66. The number of benzene rings is 1. The molecule has 2 N–H and O–H groups in total. The third-order valence-corrected chi connectivity index (χ3v) is 3.59. The highest BCUT2D eigenvalue weighted by Crippen LogP contribution is 2.24. The molecule has 0 atom stereocenters. The Bertz CT molecular complexity index is 538. The number of rotatable bonds is 2. The molecule has 0 amide bonds. The van der Waals surface area contributed by atoms with E-state index >= 15 is 0 Å². The molecule has 17 heavy (non-hydrogen) atoms. The number of aromatic nitrogens is 2. The molecule has 0 aliphatic rings. The van der Waals surface area contributed by atoms with Gasteiger partial charge < -0.3 is 10.3 Å². The van der Waals surface area contributed by atoms with Crippen molar-refractivity contribution in [2.45, 2.75) is 26.3 Å². The molecule has 1 aromatic heterocycles. The third-order valence-electron chi connectivity index (χ3n) is 2.73. The molecule has 0 saturated carbocycles. The van der Waals surface area contributed by atoms with Gasteiger partial charge in [-0.05, 0) is 38.5 Å². The summed E-state index contributed by atoms with van der Waals surface area (Å²) in [7, 11) is 0. The molecule has 0 spiro atoms. The normalized spacial score (nSPS) is 11.8. The minimum absolute atomic E-state index is 0.409. The van der Waals surface area contributed by atoms with Crippen LogP contribution in [-0.2, 0) is 5.54 Å². The third kappa shape index (κ3) is 2.42. The van der Waals surface area contributed by atoms with Gasteiger partial charge in [0, 0.05) is 10.2 Å². The molecule has 0 radical (unpaired) electrons. The molecule has 0 aliphatic heterocycles. The van der Waals surface area contributed by atoms with E-state index in [0.29, 0.717) is 0 Å². The van der Waals surface area contributed by atoms with Gasteiger partial charge in [0.05, 0.1) is 23.8 Å². The van der Waals surface area contributed by atoms with Gasteiger partial charge in [-0.2, -0.15) is 0 Å². The van der Waals surface area contributed by atoms with Gasteiger partial charge in [0.2, 0.25) is 0 Å². The average molecular weight is 294 g/mol. The fourth-order valence-corrected chi connectivity index (χ4v) is 2.08. The van der Waals surface area contributed by atoms with Gasteiger partial charge in [-0.25, -0.2) is 4.98 Å². The molecule has 2 aromatic rings. The number of hydrogen-bond acceptors (Lipinski definition) is 2. The standard InChI is InChI=1S/C13H16BrN3/c1-9-4-5-10(6-11(9)14)17-8-16-7-12(17)13(2,3)15/h4-8H,15H2,1-3H3. The number of hydrogen-bond donors (Lipinski definition) is 1. The minimum atomic E-state index is -0.409. The highest BCUT2D eigenvalue weighted by atomic mass is 79.9. The molecular weight excluding hydrogens is 278 g/mol. The van der Waals surface area contributed by atoms with Crippen LogP contribution in [0.5, 0.6) is 0 Å². The predicted molar refractivity (Wildman–Crippen MR) is 73.2 cm³/mol. The monoisotopic (exact) mass is 293 g/mol. The Kier molecular flexibility index (Phi) is 3.10. The second kappa shape index (κ2) is 4.27. The molecule has 0 aliphatic carbocycles. The smallest absolute Gasteiger partial charge is 0.0994 e. The number of halogens is 1. The first-order chi connectivity index (χ1) is 7.89. The second-order valence-electron chi connectivity index (χ2n) is 4.80. The summed E-state index contributed by atoms with van der Waals surface area (Å²) in [6, 6.07) is 6.22. The number of nitrogens with two attached hydrogens (primary N) is 1. The first-order valence-electron chi connectivity index (χ1n) is 5.48. The topological polar surface area (TPSA) is 43.8 Å². The van der Waals surface area contributed by atoms with Gasteiger partial charge >= 0.3 is 0 Å². The number of imidazole rings is 1. The van der Waals surface area contributed by atoms with E-state index in [4.69, 9.17) is 5.73 Å². The zero-order chi connectivity index (χ0) is 12.6. The Labute approximate surface area is 110 Å². The lowest BCUT2D eigenvalue weighted by Crippen LogP contribution is -2.31. The van der Waals surface area contributed by atoms with Crippen LogP contribution in [0.25, 0.3) is 5.69 Å². The summed E-state index contributed by atoms with van der Waals surface area (Å²) in [4.78, 5) is 4.18. The largest absolute Gasteiger partial charge is 0.321 e. The first-order valence-corrected chi connectivity index (χ1v) is 6.27. The summed E-state index contributed by atoms with van der Waals surface area (Å²) < 4.78 is 3.11. The summed E-state index contributed by atoms with van der Waals surface area (Å²) in [5, 5.41) is 0. The van der Waals surface area contributed by atoms with E-state index in [1.165, 1.54) is 5.56 Å². The van der Waals surface area contributed by atoms with E-state index < -0.39 is 5.54 Å². The molecule has 2 rings (SSSR count). The van der Waals surface area contributed by atoms with E-state index in [0.717, 1.165) is 15.9 Å². The van der Waals surface area contributed by atoms with Crippen LogP contribution in [0.1, 0.15) is 25.1 Å². The molecule has 0 fully saturated rings. The zero-order valence-corrected chi connectivity index (χ0v) is 11.8. The van der Waals surface area contributed by atoms with Gasteiger partial charge in [0.1, 0.15) is 0 Å². The van der Waals surface area contributed by atoms with Crippen LogP contribution >= 0.6 is 15.9 Å². The Morgan fingerprint density at radius 3 is 2.65 bits per heavy atom. The minimum Gasteiger partial charge on any atom is -0.321 e. The van der Waals surface area contributed by atoms with Crippen LogP contribution in [0, 0.1) is 6.92 Å². The molecule has 3 nitrogen and oxygen atoms in total. The van der Waals surface area contributed by atoms with Gasteiger partial charge in [0.25, 0.3) is 0 Å². The van der Waals surface area contributed by atoms with Crippen LogP contribution in [0.4, 0.5) is 0 Å². The highest BCUT2D eigenvalue weighted by Gasteiger charge is 2.19. The fraction of sp³-hybridized carbons (Fsp3) is 0.308. The number of aryl methyl sites for hydroxylation is 1. The van der Waals surface area contributed by atoms with Crippen LogP contribution < -0.4 is 5.73 Å². The van der Waals surface area contributed by atoms with E-state index in [2.05, 4.69) is 46.0 Å². The molecule has 0 bridgehead atoms. The van der Waals surface area contributed by atoms with Crippen molar-refractivity contribution in [2.75, 3.05) is 0 Å². The fourth-order valence-electron chi connectivity index (χ4n) is 1.71. The number of nitrogens with zero attached hydrogens (tertiary/aromatic N) is 2. The Balaban J connectivity index is 2.54. The Morgan fingerprint density at radius 1 is 1.35 bits per heavy atom. The predicted octanol–water partition coefficient (Wildman–Crippen LogP) is 3.14. The lowest BCUT2D eigenvalue weighted by atomic mass is 10.0. The highest BCUT2D eigenvalue weighted by molar-refractivity contribution is 9.10. The lowest BCUT2D eigenvalue weighted by Gasteiger charge is -2.21. The maximum atomic E-state index is 6.13. The van der Waals surface area contributed by atoms with Gasteiger partial charge in [0.15, 0.2) is 0 Å². The van der Waals surface area contributed by atoms with E-state index in [1.54, 1.807) is 6.33 Å². The SMILES string of the molecule is Cc1ccc(-n2cncc2C(C)(C)N)cc1Br. The van der Waals surface area contributed by atoms with Crippen LogP contribution in [-0.4, -0.2) is 9.55 Å². The maximum absolute atomic E-state index is 6.13. The summed E-state index contributed by atoms with van der Waals surface area (Å²) in [6.07, 6.45) is 3.61. The maximum Gasteiger partial charge on any atom is 0.0994 e. The summed E-state index contributed by atoms with van der Waals surface area (Å²) >= 11 is 3.54. The van der Waals surface area contributed by atoms with Crippen molar-refractivity contribution in [2.24, 2.45) is 5.73 Å². The van der Waals surface area contributed by atoms with Gasteiger partial charge in [-0.3, -0.25) is 0 Å². The van der Waals surface area contributed by atoms with Gasteiger partial charge in [-0.1, -0.05) is 22.0 Å². The van der Waals surface area contributed by atoms with Crippen molar-refractivity contribution in [1.82, 2.24) is 9.55 Å². The Morgan fingerprint density at radius 2 is 2.06 bits per heavy atom. The molecule has 90 valence electrons. The average Bonchev–Trinajstić information content (AvgIpc) is 2.70. The van der Waals surface area contributed by atoms with Gasteiger partial charge in [-0.15, -0.1) is 0 Å². The Hall–Kier alpha value is -1.13. The molecular formula is C13H16BrN3. The van der Waals surface area contributed by atoms with E-state index in [-0.39, 0.29) is 0 Å². The van der Waals surface area contributed by atoms with Crippen molar-refractivity contribution in [1.29, 1.82) is 0 Å². The zero-order valence-electron chi connectivity index (χ0n) is 10.2. The van der Waals surface area contributed by atoms with E-state index in [1.807, 2.05) is 24.6 Å². The van der Waals surface area contributed by atoms with Crippen LogP contribution in [0.15, 0.2) is 35.2 Å². The van der Waals surface area contributed by atoms with Crippen molar-refractivity contribution in [3.63, 3.8) is 0 Å². The van der Waals surface area contributed by atoms with Crippen molar-refractivity contribution < 1.29 is 0 Å². The quantitative estimate of drug-likeness (QED) is 0.924. The summed E-state index contributed by atoms with van der Waals surface area (Å²) in [5.74, 6) is 0. The summed E-state index contributed by atoms with van der Waals surface area (Å²) in [6.45, 7) is 6.02. The first kappa shape index (κ1) is 12.3. The van der Waals surface area contributed by atoms with Crippen LogP contribution in [0.2, 0.25) is 0 Å². The van der Waals surface area contributed by atoms with Crippen LogP contribution in [0.3, 0.4) is 0 Å². The van der Waals surface area contributed by atoms with Crippen molar-refractivity contribution in [3.8, 4) is 5.69 Å². The molecule has 0 saturated heterocycles.